The zero-order valence-corrected chi connectivity index (χ0v) is 9.72. The van der Waals surface area contributed by atoms with Gasteiger partial charge >= 0.3 is 6.09 Å². The number of carbonyl (C=O) groups is 1. The van der Waals surface area contributed by atoms with E-state index >= 15 is 0 Å². The second-order valence-corrected chi connectivity index (χ2v) is 4.09. The predicted molar refractivity (Wildman–Crippen MR) is 64.3 cm³/mol. The van der Waals surface area contributed by atoms with E-state index in [0.29, 0.717) is 18.8 Å². The first-order chi connectivity index (χ1) is 8.17. The molecule has 0 aliphatic carbocycles. The molecule has 0 spiro atoms. The maximum absolute atomic E-state index is 11.6. The van der Waals surface area contributed by atoms with Crippen molar-refractivity contribution in [1.29, 1.82) is 0 Å². The van der Waals surface area contributed by atoms with Crippen LogP contribution in [0.4, 0.5) is 10.5 Å². The summed E-state index contributed by atoms with van der Waals surface area (Å²) < 4.78 is 4.73. The van der Waals surface area contributed by atoms with Crippen molar-refractivity contribution in [2.45, 2.75) is 12.3 Å². The fraction of sp³-hybridized carbons (Fsp3) is 0.417. The maximum atomic E-state index is 11.6. The molecule has 5 nitrogen and oxygen atoms in total. The summed E-state index contributed by atoms with van der Waals surface area (Å²) >= 11 is 0. The van der Waals surface area contributed by atoms with Gasteiger partial charge in [0.05, 0.1) is 12.8 Å². The van der Waals surface area contributed by atoms with Crippen molar-refractivity contribution >= 4 is 11.8 Å². The number of carbonyl (C=O) groups excluding carboxylic acids is 1. The number of fused-ring (bicyclic) bond motifs is 1. The Labute approximate surface area is 99.8 Å². The molecule has 0 aromatic heterocycles. The minimum Gasteiger partial charge on any atom is -0.508 e. The number of ether oxygens (including phenoxy) is 1. The molecular formula is C12H16N2O3. The van der Waals surface area contributed by atoms with Crippen molar-refractivity contribution in [3.63, 3.8) is 0 Å². The summed E-state index contributed by atoms with van der Waals surface area (Å²) in [5.41, 5.74) is 7.39. The zero-order chi connectivity index (χ0) is 12.4. The lowest BCUT2D eigenvalue weighted by Gasteiger charge is -2.32. The van der Waals surface area contributed by atoms with E-state index in [1.807, 2.05) is 6.07 Å². The average molecular weight is 236 g/mol. The third-order valence-electron chi connectivity index (χ3n) is 3.13. The van der Waals surface area contributed by atoms with Gasteiger partial charge in [-0.2, -0.15) is 0 Å². The van der Waals surface area contributed by atoms with Gasteiger partial charge in [0.2, 0.25) is 0 Å². The van der Waals surface area contributed by atoms with Crippen LogP contribution in [0.1, 0.15) is 17.9 Å². The Hall–Kier alpha value is -1.75. The Morgan fingerprint density at radius 1 is 1.65 bits per heavy atom. The monoisotopic (exact) mass is 236 g/mol. The lowest BCUT2D eigenvalue weighted by Crippen LogP contribution is -2.37. The number of nitrogens with two attached hydrogens (primary N) is 1. The Bertz CT molecular complexity index is 434. The maximum Gasteiger partial charge on any atom is 0.414 e. The second kappa shape index (κ2) is 4.63. The lowest BCUT2D eigenvalue weighted by atomic mass is 9.90. The minimum atomic E-state index is -0.410. The van der Waals surface area contributed by atoms with E-state index in [1.54, 1.807) is 12.1 Å². The third-order valence-corrected chi connectivity index (χ3v) is 3.13. The van der Waals surface area contributed by atoms with Crippen molar-refractivity contribution in [3.05, 3.63) is 23.8 Å². The van der Waals surface area contributed by atoms with Crippen LogP contribution in [-0.2, 0) is 4.74 Å². The molecule has 2 rings (SSSR count). The molecule has 0 saturated carbocycles. The van der Waals surface area contributed by atoms with Crippen molar-refractivity contribution in [3.8, 4) is 5.75 Å². The highest BCUT2D eigenvalue weighted by Crippen LogP contribution is 2.37. The molecule has 1 unspecified atom stereocenters. The van der Waals surface area contributed by atoms with Crippen molar-refractivity contribution in [2.24, 2.45) is 5.73 Å². The summed E-state index contributed by atoms with van der Waals surface area (Å²) in [5, 5.41) is 9.51. The number of anilines is 1. The molecule has 1 aliphatic heterocycles. The van der Waals surface area contributed by atoms with Gasteiger partial charge in [-0.05, 0) is 30.5 Å². The fourth-order valence-electron chi connectivity index (χ4n) is 2.22. The highest BCUT2D eigenvalue weighted by atomic mass is 16.5. The van der Waals surface area contributed by atoms with Gasteiger partial charge in [-0.3, -0.25) is 4.90 Å². The van der Waals surface area contributed by atoms with E-state index in [1.165, 1.54) is 12.0 Å². The molecule has 5 heteroatoms. The SMILES string of the molecule is COC(=O)N1CCC(CN)c2ccc(O)cc21. The summed E-state index contributed by atoms with van der Waals surface area (Å²) in [5.74, 6) is 0.363. The number of hydrogen-bond donors (Lipinski definition) is 2. The van der Waals surface area contributed by atoms with Gasteiger partial charge in [0.15, 0.2) is 0 Å². The smallest absolute Gasteiger partial charge is 0.414 e. The molecule has 0 radical (unpaired) electrons. The van der Waals surface area contributed by atoms with E-state index in [2.05, 4.69) is 0 Å². The van der Waals surface area contributed by atoms with Crippen LogP contribution in [0.15, 0.2) is 18.2 Å². The molecular weight excluding hydrogens is 220 g/mol. The van der Waals surface area contributed by atoms with Crippen LogP contribution in [0.2, 0.25) is 0 Å². The first-order valence-electron chi connectivity index (χ1n) is 5.55. The molecule has 1 aromatic rings. The second-order valence-electron chi connectivity index (χ2n) is 4.09. The normalized spacial score (nSPS) is 18.7. The summed E-state index contributed by atoms with van der Waals surface area (Å²) in [6.07, 6.45) is 0.399. The number of rotatable bonds is 1. The number of hydrogen-bond acceptors (Lipinski definition) is 4. The van der Waals surface area contributed by atoms with Crippen LogP contribution in [0, 0.1) is 0 Å². The van der Waals surface area contributed by atoms with Crippen LogP contribution in [0.25, 0.3) is 0 Å². The quantitative estimate of drug-likeness (QED) is 0.773. The fourth-order valence-corrected chi connectivity index (χ4v) is 2.22. The van der Waals surface area contributed by atoms with E-state index in [-0.39, 0.29) is 11.7 Å². The first-order valence-corrected chi connectivity index (χ1v) is 5.55. The summed E-state index contributed by atoms with van der Waals surface area (Å²) in [6, 6.07) is 5.01. The minimum absolute atomic E-state index is 0.135. The molecule has 1 aliphatic rings. The topological polar surface area (TPSA) is 75.8 Å². The summed E-state index contributed by atoms with van der Waals surface area (Å²) in [7, 11) is 1.35. The zero-order valence-electron chi connectivity index (χ0n) is 9.72. The largest absolute Gasteiger partial charge is 0.508 e. The van der Waals surface area contributed by atoms with Gasteiger partial charge in [-0.15, -0.1) is 0 Å². The van der Waals surface area contributed by atoms with Crippen LogP contribution in [0.3, 0.4) is 0 Å². The van der Waals surface area contributed by atoms with E-state index in [9.17, 15) is 9.90 Å². The molecule has 1 heterocycles. The standard InChI is InChI=1S/C12H16N2O3/c1-17-12(16)14-5-4-8(7-13)10-3-2-9(15)6-11(10)14/h2-3,6,8,15H,4-5,7,13H2,1H3. The highest BCUT2D eigenvalue weighted by molar-refractivity contribution is 5.89. The molecule has 1 amide bonds. The van der Waals surface area contributed by atoms with Crippen molar-refractivity contribution < 1.29 is 14.6 Å². The number of benzene rings is 1. The number of nitrogens with zero attached hydrogens (tertiary/aromatic N) is 1. The van der Waals surface area contributed by atoms with Crippen LogP contribution in [0.5, 0.6) is 5.75 Å². The first kappa shape index (κ1) is 11.7. The van der Waals surface area contributed by atoms with Crippen molar-refractivity contribution in [2.75, 3.05) is 25.1 Å². The van der Waals surface area contributed by atoms with E-state index in [0.717, 1.165) is 12.0 Å². The predicted octanol–water partition coefficient (Wildman–Crippen LogP) is 1.41. The number of aromatic hydroxyl groups is 1. The van der Waals surface area contributed by atoms with Gasteiger partial charge in [0.25, 0.3) is 0 Å². The molecule has 1 atom stereocenters. The molecule has 1 aromatic carbocycles. The van der Waals surface area contributed by atoms with Crippen LogP contribution < -0.4 is 10.6 Å². The summed E-state index contributed by atoms with van der Waals surface area (Å²) in [4.78, 5) is 13.2. The van der Waals surface area contributed by atoms with Crippen LogP contribution >= 0.6 is 0 Å². The van der Waals surface area contributed by atoms with Gasteiger partial charge in [-0.25, -0.2) is 4.79 Å². The molecule has 0 bridgehead atoms. The van der Waals surface area contributed by atoms with Gasteiger partial charge in [-0.1, -0.05) is 6.07 Å². The average Bonchev–Trinajstić information content (AvgIpc) is 2.36. The van der Waals surface area contributed by atoms with Gasteiger partial charge in [0, 0.05) is 12.6 Å². The highest BCUT2D eigenvalue weighted by Gasteiger charge is 2.28. The number of phenolic OH excluding ortho intramolecular Hbond substituents is 1. The third kappa shape index (κ3) is 2.06. The number of amides is 1. The Morgan fingerprint density at radius 3 is 3.06 bits per heavy atom. The molecule has 17 heavy (non-hydrogen) atoms. The van der Waals surface area contributed by atoms with Gasteiger partial charge < -0.3 is 15.6 Å². The molecule has 92 valence electrons. The summed E-state index contributed by atoms with van der Waals surface area (Å²) in [6.45, 7) is 1.10. The number of methoxy groups -OCH3 is 1. The van der Waals surface area contributed by atoms with E-state index < -0.39 is 6.09 Å². The molecule has 0 fully saturated rings. The van der Waals surface area contributed by atoms with Crippen LogP contribution in [-0.4, -0.2) is 31.4 Å². The molecule has 3 N–H and O–H groups in total. The van der Waals surface area contributed by atoms with Crippen molar-refractivity contribution in [1.82, 2.24) is 0 Å². The lowest BCUT2D eigenvalue weighted by molar-refractivity contribution is 0.178. The Kier molecular flexibility index (Phi) is 3.19. The van der Waals surface area contributed by atoms with Gasteiger partial charge in [0.1, 0.15) is 5.75 Å². The number of phenols is 1. The Balaban J connectivity index is 2.44. The Morgan fingerprint density at radius 2 is 2.41 bits per heavy atom. The van der Waals surface area contributed by atoms with E-state index in [4.69, 9.17) is 10.5 Å². The molecule has 0 saturated heterocycles.